The van der Waals surface area contributed by atoms with Crippen molar-refractivity contribution in [1.82, 2.24) is 20.0 Å². The van der Waals surface area contributed by atoms with E-state index in [2.05, 4.69) is 22.2 Å². The normalized spacial score (nSPS) is 13.2. The molecule has 0 aliphatic carbocycles. The summed E-state index contributed by atoms with van der Waals surface area (Å²) in [6.45, 7) is 5.21. The highest BCUT2D eigenvalue weighted by molar-refractivity contribution is 6.31. The molecule has 0 fully saturated rings. The molecular weight excluding hydrogens is 252 g/mol. The van der Waals surface area contributed by atoms with Crippen molar-refractivity contribution >= 4 is 11.6 Å². The molecule has 1 unspecified atom stereocenters. The second kappa shape index (κ2) is 7.74. The SMILES string of the molecule is CCNC(CN(C)C)c1c(Cl)cnn1CCOC. The van der Waals surface area contributed by atoms with Gasteiger partial charge in [-0.3, -0.25) is 4.68 Å². The highest BCUT2D eigenvalue weighted by Gasteiger charge is 2.20. The van der Waals surface area contributed by atoms with Crippen molar-refractivity contribution in [2.45, 2.75) is 19.5 Å². The van der Waals surface area contributed by atoms with Crippen molar-refractivity contribution in [3.05, 3.63) is 16.9 Å². The smallest absolute Gasteiger partial charge is 0.0834 e. The summed E-state index contributed by atoms with van der Waals surface area (Å²) >= 11 is 6.26. The lowest BCUT2D eigenvalue weighted by molar-refractivity contribution is 0.181. The zero-order valence-electron chi connectivity index (χ0n) is 11.6. The average molecular weight is 275 g/mol. The van der Waals surface area contributed by atoms with E-state index in [1.807, 2.05) is 18.8 Å². The Balaban J connectivity index is 2.90. The van der Waals surface area contributed by atoms with E-state index in [-0.39, 0.29) is 6.04 Å². The van der Waals surface area contributed by atoms with Gasteiger partial charge in [0.15, 0.2) is 0 Å². The fraction of sp³-hybridized carbons (Fsp3) is 0.750. The second-order valence-electron chi connectivity index (χ2n) is 4.47. The summed E-state index contributed by atoms with van der Waals surface area (Å²) in [6.07, 6.45) is 1.70. The van der Waals surface area contributed by atoms with Gasteiger partial charge in [-0.1, -0.05) is 18.5 Å². The average Bonchev–Trinajstić information content (AvgIpc) is 2.66. The van der Waals surface area contributed by atoms with Crippen LogP contribution in [0.5, 0.6) is 0 Å². The van der Waals surface area contributed by atoms with Gasteiger partial charge in [0.25, 0.3) is 0 Å². The largest absolute Gasteiger partial charge is 0.383 e. The van der Waals surface area contributed by atoms with E-state index >= 15 is 0 Å². The lowest BCUT2D eigenvalue weighted by Crippen LogP contribution is -2.33. The van der Waals surface area contributed by atoms with Gasteiger partial charge in [0, 0.05) is 13.7 Å². The maximum absolute atomic E-state index is 6.26. The van der Waals surface area contributed by atoms with Crippen LogP contribution in [0.1, 0.15) is 18.7 Å². The van der Waals surface area contributed by atoms with Crippen LogP contribution in [0.2, 0.25) is 5.02 Å². The standard InChI is InChI=1S/C12H23ClN4O/c1-5-14-11(9-16(2)3)12-10(13)8-15-17(12)6-7-18-4/h8,11,14H,5-7,9H2,1-4H3. The molecule has 104 valence electrons. The third-order valence-electron chi connectivity index (χ3n) is 2.67. The summed E-state index contributed by atoms with van der Waals surface area (Å²) in [5, 5.41) is 8.46. The Bertz CT molecular complexity index is 354. The first-order valence-corrected chi connectivity index (χ1v) is 6.56. The summed E-state index contributed by atoms with van der Waals surface area (Å²) in [5.74, 6) is 0. The predicted octanol–water partition coefficient (Wildman–Crippen LogP) is 1.40. The Labute approximate surface area is 114 Å². The van der Waals surface area contributed by atoms with Crippen LogP contribution in [0.25, 0.3) is 0 Å². The van der Waals surface area contributed by atoms with Crippen LogP contribution >= 0.6 is 11.6 Å². The van der Waals surface area contributed by atoms with Crippen LogP contribution < -0.4 is 5.32 Å². The van der Waals surface area contributed by atoms with Gasteiger partial charge in [0.05, 0.1) is 36.1 Å². The lowest BCUT2D eigenvalue weighted by atomic mass is 10.2. The van der Waals surface area contributed by atoms with Crippen LogP contribution in [0, 0.1) is 0 Å². The van der Waals surface area contributed by atoms with Gasteiger partial charge >= 0.3 is 0 Å². The first kappa shape index (κ1) is 15.4. The molecule has 0 aromatic carbocycles. The lowest BCUT2D eigenvalue weighted by Gasteiger charge is -2.23. The molecule has 0 aliphatic rings. The van der Waals surface area contributed by atoms with Crippen molar-refractivity contribution in [2.75, 3.05) is 40.9 Å². The fourth-order valence-electron chi connectivity index (χ4n) is 1.93. The van der Waals surface area contributed by atoms with Crippen LogP contribution in [-0.4, -0.2) is 55.6 Å². The van der Waals surface area contributed by atoms with E-state index in [0.717, 1.165) is 18.8 Å². The molecular formula is C12H23ClN4O. The molecule has 5 nitrogen and oxygen atoms in total. The Hall–Kier alpha value is -0.620. The van der Waals surface area contributed by atoms with Crippen molar-refractivity contribution in [3.63, 3.8) is 0 Å². The summed E-state index contributed by atoms with van der Waals surface area (Å²) in [5.41, 5.74) is 1.03. The maximum Gasteiger partial charge on any atom is 0.0834 e. The van der Waals surface area contributed by atoms with Crippen molar-refractivity contribution < 1.29 is 4.74 Å². The predicted molar refractivity (Wildman–Crippen MR) is 74.1 cm³/mol. The van der Waals surface area contributed by atoms with E-state index in [1.165, 1.54) is 0 Å². The van der Waals surface area contributed by atoms with E-state index in [0.29, 0.717) is 18.2 Å². The third kappa shape index (κ3) is 4.24. The number of nitrogens with zero attached hydrogens (tertiary/aromatic N) is 3. The summed E-state index contributed by atoms with van der Waals surface area (Å²) in [6, 6.07) is 0.178. The summed E-state index contributed by atoms with van der Waals surface area (Å²) in [4.78, 5) is 2.14. The molecule has 1 rings (SSSR count). The first-order valence-electron chi connectivity index (χ1n) is 6.18. The second-order valence-corrected chi connectivity index (χ2v) is 4.87. The topological polar surface area (TPSA) is 42.3 Å². The number of hydrogen-bond donors (Lipinski definition) is 1. The molecule has 6 heteroatoms. The molecule has 0 aliphatic heterocycles. The van der Waals surface area contributed by atoms with Crippen LogP contribution in [0.4, 0.5) is 0 Å². The van der Waals surface area contributed by atoms with E-state index in [4.69, 9.17) is 16.3 Å². The molecule has 0 spiro atoms. The van der Waals surface area contributed by atoms with E-state index < -0.39 is 0 Å². The zero-order valence-corrected chi connectivity index (χ0v) is 12.4. The minimum Gasteiger partial charge on any atom is -0.383 e. The first-order chi connectivity index (χ1) is 8.60. The van der Waals surface area contributed by atoms with Gasteiger partial charge in [0.1, 0.15) is 0 Å². The van der Waals surface area contributed by atoms with Gasteiger partial charge in [-0.15, -0.1) is 0 Å². The summed E-state index contributed by atoms with van der Waals surface area (Å²) < 4.78 is 7.02. The molecule has 1 aromatic heterocycles. The Morgan fingerprint density at radius 3 is 2.83 bits per heavy atom. The zero-order chi connectivity index (χ0) is 13.5. The highest BCUT2D eigenvalue weighted by atomic mass is 35.5. The van der Waals surface area contributed by atoms with E-state index in [9.17, 15) is 0 Å². The molecule has 1 atom stereocenters. The van der Waals surface area contributed by atoms with Crippen molar-refractivity contribution in [2.24, 2.45) is 0 Å². The Morgan fingerprint density at radius 2 is 2.28 bits per heavy atom. The number of methoxy groups -OCH3 is 1. The van der Waals surface area contributed by atoms with Gasteiger partial charge in [0.2, 0.25) is 0 Å². The molecule has 0 saturated carbocycles. The van der Waals surface area contributed by atoms with Gasteiger partial charge in [-0.25, -0.2) is 0 Å². The van der Waals surface area contributed by atoms with Crippen molar-refractivity contribution in [1.29, 1.82) is 0 Å². The molecule has 1 heterocycles. The number of rotatable bonds is 8. The van der Waals surface area contributed by atoms with Gasteiger partial charge in [-0.2, -0.15) is 5.10 Å². The molecule has 0 saturated heterocycles. The fourth-order valence-corrected chi connectivity index (χ4v) is 2.21. The number of halogens is 1. The van der Waals surface area contributed by atoms with Gasteiger partial charge in [-0.05, 0) is 20.6 Å². The number of nitrogens with one attached hydrogen (secondary N) is 1. The molecule has 18 heavy (non-hydrogen) atoms. The van der Waals surface area contributed by atoms with Crippen LogP contribution in [-0.2, 0) is 11.3 Å². The molecule has 1 aromatic rings. The number of hydrogen-bond acceptors (Lipinski definition) is 4. The van der Waals surface area contributed by atoms with E-state index in [1.54, 1.807) is 13.3 Å². The monoisotopic (exact) mass is 274 g/mol. The minimum absolute atomic E-state index is 0.178. The third-order valence-corrected chi connectivity index (χ3v) is 2.96. The highest BCUT2D eigenvalue weighted by Crippen LogP contribution is 2.23. The molecule has 0 amide bonds. The maximum atomic E-state index is 6.26. The summed E-state index contributed by atoms with van der Waals surface area (Å²) in [7, 11) is 5.79. The Kier molecular flexibility index (Phi) is 6.63. The molecule has 0 radical (unpaired) electrons. The number of aromatic nitrogens is 2. The van der Waals surface area contributed by atoms with Crippen LogP contribution in [0.3, 0.4) is 0 Å². The van der Waals surface area contributed by atoms with Gasteiger partial charge < -0.3 is 15.0 Å². The minimum atomic E-state index is 0.178. The van der Waals surface area contributed by atoms with Crippen LogP contribution in [0.15, 0.2) is 6.20 Å². The van der Waals surface area contributed by atoms with Crippen molar-refractivity contribution in [3.8, 4) is 0 Å². The quantitative estimate of drug-likeness (QED) is 0.778. The number of likely N-dealkylation sites (N-methyl/N-ethyl adjacent to an activating group) is 2. The molecule has 1 N–H and O–H groups in total. The Morgan fingerprint density at radius 1 is 1.56 bits per heavy atom. The number of ether oxygens (including phenoxy) is 1. The molecule has 0 bridgehead atoms.